The Morgan fingerprint density at radius 2 is 2.35 bits per heavy atom. The molecule has 2 atom stereocenters. The minimum atomic E-state index is -0.480. The molecule has 110 valence electrons. The van der Waals surface area contributed by atoms with E-state index < -0.39 is 6.10 Å². The molecule has 1 aromatic rings. The maximum atomic E-state index is 11.9. The zero-order chi connectivity index (χ0) is 14.5. The van der Waals surface area contributed by atoms with E-state index in [1.807, 2.05) is 19.1 Å². The first-order valence-electron chi connectivity index (χ1n) is 7.45. The first-order valence-corrected chi connectivity index (χ1v) is 7.45. The van der Waals surface area contributed by atoms with Crippen molar-refractivity contribution in [3.63, 3.8) is 0 Å². The summed E-state index contributed by atoms with van der Waals surface area (Å²) in [5.41, 5.74) is 8.47. The van der Waals surface area contributed by atoms with Crippen LogP contribution in [0.4, 0.5) is 0 Å². The molecular formula is C16H24N2O2. The standard InChI is InChI=1S/C16H24N2O2/c1-3-10-18-16(19)11(2)20-15-9-5-6-12-13(15)7-4-8-14(12)17/h5-6,9,11,14H,3-4,7-8,10,17H2,1-2H3,(H,18,19). The van der Waals surface area contributed by atoms with Crippen molar-refractivity contribution in [2.24, 2.45) is 5.73 Å². The number of benzene rings is 1. The van der Waals surface area contributed by atoms with E-state index in [4.69, 9.17) is 10.5 Å². The Kier molecular flexibility index (Phi) is 5.01. The van der Waals surface area contributed by atoms with Gasteiger partial charge in [0.15, 0.2) is 6.10 Å². The Bertz CT molecular complexity index is 474. The number of nitrogens with one attached hydrogen (secondary N) is 1. The van der Waals surface area contributed by atoms with Gasteiger partial charge >= 0.3 is 0 Å². The summed E-state index contributed by atoms with van der Waals surface area (Å²) in [5, 5.41) is 2.85. The van der Waals surface area contributed by atoms with Crippen molar-refractivity contribution in [2.45, 2.75) is 51.7 Å². The Hall–Kier alpha value is -1.55. The molecule has 0 spiro atoms. The van der Waals surface area contributed by atoms with Gasteiger partial charge in [-0.05, 0) is 49.8 Å². The first-order chi connectivity index (χ1) is 9.63. The third kappa shape index (κ3) is 3.31. The van der Waals surface area contributed by atoms with E-state index in [-0.39, 0.29) is 11.9 Å². The lowest BCUT2D eigenvalue weighted by Crippen LogP contribution is -2.37. The number of carbonyl (C=O) groups excluding carboxylic acids is 1. The molecule has 2 rings (SSSR count). The molecule has 1 amide bonds. The normalized spacial score (nSPS) is 19.1. The molecule has 3 N–H and O–H groups in total. The average molecular weight is 276 g/mol. The van der Waals surface area contributed by atoms with Gasteiger partial charge in [-0.2, -0.15) is 0 Å². The highest BCUT2D eigenvalue weighted by molar-refractivity contribution is 5.80. The lowest BCUT2D eigenvalue weighted by atomic mass is 9.87. The van der Waals surface area contributed by atoms with Crippen LogP contribution in [0.1, 0.15) is 50.3 Å². The molecule has 1 aromatic carbocycles. The fourth-order valence-corrected chi connectivity index (χ4v) is 2.60. The van der Waals surface area contributed by atoms with Crippen LogP contribution in [0.15, 0.2) is 18.2 Å². The van der Waals surface area contributed by atoms with Crippen molar-refractivity contribution >= 4 is 5.91 Å². The number of rotatable bonds is 5. The molecule has 0 bridgehead atoms. The van der Waals surface area contributed by atoms with Gasteiger partial charge in [0.05, 0.1) is 0 Å². The quantitative estimate of drug-likeness (QED) is 0.867. The van der Waals surface area contributed by atoms with Gasteiger partial charge in [-0.1, -0.05) is 19.1 Å². The van der Waals surface area contributed by atoms with Gasteiger partial charge in [-0.25, -0.2) is 0 Å². The van der Waals surface area contributed by atoms with Gasteiger partial charge in [0.25, 0.3) is 5.91 Å². The highest BCUT2D eigenvalue weighted by Crippen LogP contribution is 2.34. The molecule has 0 fully saturated rings. The second-order valence-corrected chi connectivity index (χ2v) is 5.37. The topological polar surface area (TPSA) is 64.3 Å². The Balaban J connectivity index is 2.10. The van der Waals surface area contributed by atoms with Crippen LogP contribution in [0.5, 0.6) is 5.75 Å². The summed E-state index contributed by atoms with van der Waals surface area (Å²) in [7, 11) is 0. The summed E-state index contributed by atoms with van der Waals surface area (Å²) in [6.45, 7) is 4.50. The average Bonchev–Trinajstić information content (AvgIpc) is 2.45. The summed E-state index contributed by atoms with van der Waals surface area (Å²) in [4.78, 5) is 11.9. The summed E-state index contributed by atoms with van der Waals surface area (Å²) < 4.78 is 5.85. The van der Waals surface area contributed by atoms with Gasteiger partial charge in [-0.15, -0.1) is 0 Å². The van der Waals surface area contributed by atoms with Gasteiger partial charge < -0.3 is 15.8 Å². The fourth-order valence-electron chi connectivity index (χ4n) is 2.60. The largest absolute Gasteiger partial charge is 0.481 e. The predicted molar refractivity (Wildman–Crippen MR) is 79.7 cm³/mol. The van der Waals surface area contributed by atoms with Crippen LogP contribution in [0, 0.1) is 0 Å². The number of ether oxygens (including phenoxy) is 1. The highest BCUT2D eigenvalue weighted by Gasteiger charge is 2.22. The third-order valence-corrected chi connectivity index (χ3v) is 3.73. The minimum Gasteiger partial charge on any atom is -0.481 e. The molecule has 0 aliphatic heterocycles. The second kappa shape index (κ2) is 6.75. The number of fused-ring (bicyclic) bond motifs is 1. The lowest BCUT2D eigenvalue weighted by Gasteiger charge is -2.25. The number of hydrogen-bond donors (Lipinski definition) is 2. The van der Waals surface area contributed by atoms with Gasteiger partial charge in [0, 0.05) is 12.6 Å². The maximum absolute atomic E-state index is 11.9. The molecule has 20 heavy (non-hydrogen) atoms. The van der Waals surface area contributed by atoms with Gasteiger partial charge in [-0.3, -0.25) is 4.79 Å². The van der Waals surface area contributed by atoms with E-state index in [9.17, 15) is 4.79 Å². The van der Waals surface area contributed by atoms with E-state index in [0.29, 0.717) is 6.54 Å². The highest BCUT2D eigenvalue weighted by atomic mass is 16.5. The Morgan fingerprint density at radius 3 is 3.10 bits per heavy atom. The van der Waals surface area contributed by atoms with Crippen molar-refractivity contribution in [1.82, 2.24) is 5.32 Å². The van der Waals surface area contributed by atoms with Crippen LogP contribution < -0.4 is 15.8 Å². The minimum absolute atomic E-state index is 0.0652. The van der Waals surface area contributed by atoms with E-state index in [1.165, 1.54) is 5.56 Å². The number of hydrogen-bond acceptors (Lipinski definition) is 3. The van der Waals surface area contributed by atoms with Gasteiger partial charge in [0.1, 0.15) is 5.75 Å². The molecule has 1 aliphatic carbocycles. The van der Waals surface area contributed by atoms with Crippen LogP contribution in [-0.4, -0.2) is 18.6 Å². The number of amides is 1. The van der Waals surface area contributed by atoms with E-state index in [0.717, 1.165) is 37.0 Å². The van der Waals surface area contributed by atoms with E-state index in [2.05, 4.69) is 11.4 Å². The summed E-state index contributed by atoms with van der Waals surface area (Å²) in [5.74, 6) is 0.737. The number of nitrogens with two attached hydrogens (primary N) is 1. The molecule has 0 saturated carbocycles. The molecule has 1 aliphatic rings. The third-order valence-electron chi connectivity index (χ3n) is 3.73. The summed E-state index contributed by atoms with van der Waals surface area (Å²) in [6.07, 6.45) is 3.51. The molecule has 4 heteroatoms. The predicted octanol–water partition coefficient (Wildman–Crippen LogP) is 2.32. The fraction of sp³-hybridized carbons (Fsp3) is 0.562. The van der Waals surface area contributed by atoms with Crippen molar-refractivity contribution < 1.29 is 9.53 Å². The summed E-state index contributed by atoms with van der Waals surface area (Å²) >= 11 is 0. The Labute approximate surface area is 120 Å². The van der Waals surface area contributed by atoms with Crippen LogP contribution in [-0.2, 0) is 11.2 Å². The van der Waals surface area contributed by atoms with E-state index in [1.54, 1.807) is 6.92 Å². The molecule has 0 aromatic heterocycles. The first kappa shape index (κ1) is 14.9. The van der Waals surface area contributed by atoms with Crippen LogP contribution >= 0.6 is 0 Å². The molecule has 4 nitrogen and oxygen atoms in total. The monoisotopic (exact) mass is 276 g/mol. The van der Waals surface area contributed by atoms with Crippen LogP contribution in [0.3, 0.4) is 0 Å². The smallest absolute Gasteiger partial charge is 0.260 e. The van der Waals surface area contributed by atoms with Gasteiger partial charge in [0.2, 0.25) is 0 Å². The second-order valence-electron chi connectivity index (χ2n) is 5.37. The molecule has 0 saturated heterocycles. The van der Waals surface area contributed by atoms with Crippen LogP contribution in [0.25, 0.3) is 0 Å². The van der Waals surface area contributed by atoms with Crippen molar-refractivity contribution in [3.05, 3.63) is 29.3 Å². The van der Waals surface area contributed by atoms with Crippen molar-refractivity contribution in [3.8, 4) is 5.75 Å². The van der Waals surface area contributed by atoms with Crippen molar-refractivity contribution in [1.29, 1.82) is 0 Å². The molecular weight excluding hydrogens is 252 g/mol. The Morgan fingerprint density at radius 1 is 1.55 bits per heavy atom. The maximum Gasteiger partial charge on any atom is 0.260 e. The van der Waals surface area contributed by atoms with Crippen LogP contribution in [0.2, 0.25) is 0 Å². The molecule has 0 heterocycles. The molecule has 0 radical (unpaired) electrons. The van der Waals surface area contributed by atoms with Crippen molar-refractivity contribution in [2.75, 3.05) is 6.54 Å². The molecule has 2 unspecified atom stereocenters. The lowest BCUT2D eigenvalue weighted by molar-refractivity contribution is -0.127. The summed E-state index contributed by atoms with van der Waals surface area (Å²) in [6, 6.07) is 6.04. The SMILES string of the molecule is CCCNC(=O)C(C)Oc1cccc2c1CCCC2N. The zero-order valence-corrected chi connectivity index (χ0v) is 12.3. The number of carbonyl (C=O) groups is 1. The van der Waals surface area contributed by atoms with E-state index >= 15 is 0 Å². The zero-order valence-electron chi connectivity index (χ0n) is 12.3.